The van der Waals surface area contributed by atoms with E-state index in [0.717, 1.165) is 47.7 Å². The molecule has 0 saturated heterocycles. The molecule has 3 aromatic rings. The Morgan fingerprint density at radius 3 is 2.57 bits per heavy atom. The molecule has 0 spiro atoms. The molecule has 1 amide bonds. The van der Waals surface area contributed by atoms with Crippen LogP contribution in [0.15, 0.2) is 54.7 Å². The summed E-state index contributed by atoms with van der Waals surface area (Å²) in [6, 6.07) is 15.3. The molecule has 0 radical (unpaired) electrons. The molecule has 4 nitrogen and oxygen atoms in total. The molecule has 0 unspecified atom stereocenters. The van der Waals surface area contributed by atoms with E-state index >= 15 is 0 Å². The van der Waals surface area contributed by atoms with Crippen molar-refractivity contribution in [3.8, 4) is 0 Å². The quantitative estimate of drug-likeness (QED) is 0.646. The van der Waals surface area contributed by atoms with E-state index in [1.807, 2.05) is 24.3 Å². The van der Waals surface area contributed by atoms with E-state index in [1.165, 1.54) is 0 Å². The topological polar surface area (TPSA) is 60.1 Å². The smallest absolute Gasteiger partial charge is 0.219 e. The molecule has 0 bridgehead atoms. The summed E-state index contributed by atoms with van der Waals surface area (Å²) in [5.41, 5.74) is 8.02. The number of carbonyl (C=O) groups excluding carboxylic acids is 1. The second kappa shape index (κ2) is 7.76. The maximum Gasteiger partial charge on any atom is 0.219 e. The molecule has 2 aromatic carbocycles. The number of nitrogens with two attached hydrogens (primary N) is 1. The summed E-state index contributed by atoms with van der Waals surface area (Å²) in [6.07, 6.45) is 6.47. The number of rotatable bonds is 7. The highest BCUT2D eigenvalue weighted by molar-refractivity contribution is 5.84. The van der Waals surface area contributed by atoms with Gasteiger partial charge in [0.25, 0.3) is 0 Å². The number of nitrogens with zero attached hydrogens (tertiary/aromatic N) is 1. The third kappa shape index (κ3) is 3.54. The highest BCUT2D eigenvalue weighted by Crippen LogP contribution is 2.40. The Labute approximate surface area is 164 Å². The predicted molar refractivity (Wildman–Crippen MR) is 109 cm³/mol. The molecule has 28 heavy (non-hydrogen) atoms. The number of aromatic nitrogens is 1. The Hall–Kier alpha value is -2.66. The van der Waals surface area contributed by atoms with Gasteiger partial charge in [0.15, 0.2) is 0 Å². The fraction of sp³-hybridized carbons (Fsp3) is 0.348. The van der Waals surface area contributed by atoms with Crippen molar-refractivity contribution in [1.29, 1.82) is 0 Å². The van der Waals surface area contributed by atoms with Gasteiger partial charge < -0.3 is 15.6 Å². The average molecular weight is 379 g/mol. The fourth-order valence-electron chi connectivity index (χ4n) is 4.51. The second-order valence-electron chi connectivity index (χ2n) is 7.70. The van der Waals surface area contributed by atoms with Crippen LogP contribution < -0.4 is 11.1 Å². The van der Waals surface area contributed by atoms with Crippen molar-refractivity contribution in [3.63, 3.8) is 0 Å². The number of halogens is 1. The summed E-state index contributed by atoms with van der Waals surface area (Å²) in [5.74, 6) is -0.442. The van der Waals surface area contributed by atoms with Crippen LogP contribution in [0, 0.1) is 5.82 Å². The predicted octanol–water partition coefficient (Wildman–Crippen LogP) is 4.21. The van der Waals surface area contributed by atoms with Crippen LogP contribution in [0.1, 0.15) is 43.2 Å². The Morgan fingerprint density at radius 2 is 1.82 bits per heavy atom. The molecule has 4 rings (SSSR count). The largest absolute Gasteiger partial charge is 0.370 e. The molecule has 1 aromatic heterocycles. The van der Waals surface area contributed by atoms with Gasteiger partial charge in [-0.15, -0.1) is 0 Å². The Bertz CT molecular complexity index is 988. The molecular formula is C23H26FN3O. The van der Waals surface area contributed by atoms with Gasteiger partial charge in [0.1, 0.15) is 5.82 Å². The van der Waals surface area contributed by atoms with Crippen LogP contribution in [0.4, 0.5) is 4.39 Å². The Kier molecular flexibility index (Phi) is 5.18. The Balaban J connectivity index is 1.63. The molecule has 1 aliphatic carbocycles. The van der Waals surface area contributed by atoms with Crippen molar-refractivity contribution in [2.75, 3.05) is 0 Å². The molecule has 3 N–H and O–H groups in total. The molecular weight excluding hydrogens is 353 g/mol. The summed E-state index contributed by atoms with van der Waals surface area (Å²) in [6.45, 7) is 1.22. The van der Waals surface area contributed by atoms with E-state index in [-0.39, 0.29) is 17.3 Å². The lowest BCUT2D eigenvalue weighted by Crippen LogP contribution is -2.40. The van der Waals surface area contributed by atoms with Gasteiger partial charge in [-0.1, -0.05) is 49.2 Å². The maximum absolute atomic E-state index is 14.6. The van der Waals surface area contributed by atoms with E-state index < -0.39 is 0 Å². The zero-order valence-corrected chi connectivity index (χ0v) is 16.0. The summed E-state index contributed by atoms with van der Waals surface area (Å²) < 4.78 is 16.6. The first kappa shape index (κ1) is 18.7. The minimum atomic E-state index is -0.318. The van der Waals surface area contributed by atoms with Gasteiger partial charge in [0.05, 0.1) is 0 Å². The van der Waals surface area contributed by atoms with Gasteiger partial charge in [0, 0.05) is 47.7 Å². The zero-order valence-electron chi connectivity index (χ0n) is 16.0. The molecule has 1 heterocycles. The number of benzene rings is 2. The van der Waals surface area contributed by atoms with Gasteiger partial charge in [-0.25, -0.2) is 4.39 Å². The lowest BCUT2D eigenvalue weighted by molar-refractivity contribution is -0.118. The maximum atomic E-state index is 14.6. The monoisotopic (exact) mass is 379 g/mol. The third-order valence-corrected chi connectivity index (χ3v) is 5.93. The minimum Gasteiger partial charge on any atom is -0.370 e. The summed E-state index contributed by atoms with van der Waals surface area (Å²) in [7, 11) is 0. The number of nitrogens with one attached hydrogen (secondary N) is 1. The van der Waals surface area contributed by atoms with E-state index in [2.05, 4.69) is 28.2 Å². The lowest BCUT2D eigenvalue weighted by atomic mass is 9.87. The number of amides is 1. The van der Waals surface area contributed by atoms with Crippen molar-refractivity contribution < 1.29 is 9.18 Å². The van der Waals surface area contributed by atoms with E-state index in [9.17, 15) is 9.18 Å². The van der Waals surface area contributed by atoms with E-state index in [0.29, 0.717) is 19.5 Å². The van der Waals surface area contributed by atoms with Crippen LogP contribution in [0.3, 0.4) is 0 Å². The van der Waals surface area contributed by atoms with E-state index in [4.69, 9.17) is 5.73 Å². The van der Waals surface area contributed by atoms with Gasteiger partial charge in [0.2, 0.25) is 5.91 Å². The zero-order chi connectivity index (χ0) is 19.6. The van der Waals surface area contributed by atoms with Gasteiger partial charge >= 0.3 is 0 Å². The number of para-hydroxylation sites is 1. The third-order valence-electron chi connectivity index (χ3n) is 5.93. The molecule has 0 aliphatic heterocycles. The lowest BCUT2D eigenvalue weighted by Gasteiger charge is -2.31. The highest BCUT2D eigenvalue weighted by atomic mass is 19.1. The first-order valence-corrected chi connectivity index (χ1v) is 9.94. The van der Waals surface area contributed by atoms with Gasteiger partial charge in [-0.3, -0.25) is 4.79 Å². The SMILES string of the molecule is NC(=O)CCn1cc(CNC2(c3ccccc3F)CCCC2)c2ccccc21. The molecule has 1 aliphatic rings. The number of hydrogen-bond acceptors (Lipinski definition) is 2. The number of primary amides is 1. The van der Waals surface area contributed by atoms with Crippen LogP contribution in [0.2, 0.25) is 0 Å². The van der Waals surface area contributed by atoms with Crippen molar-refractivity contribution in [3.05, 3.63) is 71.7 Å². The molecule has 146 valence electrons. The highest BCUT2D eigenvalue weighted by Gasteiger charge is 2.37. The first-order chi connectivity index (χ1) is 13.6. The van der Waals surface area contributed by atoms with Crippen LogP contribution >= 0.6 is 0 Å². The van der Waals surface area contributed by atoms with Crippen molar-refractivity contribution in [1.82, 2.24) is 9.88 Å². The Morgan fingerprint density at radius 1 is 1.11 bits per heavy atom. The van der Waals surface area contributed by atoms with Crippen LogP contribution in [-0.4, -0.2) is 10.5 Å². The van der Waals surface area contributed by atoms with Crippen LogP contribution in [0.5, 0.6) is 0 Å². The summed E-state index contributed by atoms with van der Waals surface area (Å²) in [4.78, 5) is 11.2. The molecule has 1 fully saturated rings. The van der Waals surface area contributed by atoms with Gasteiger partial charge in [-0.05, 0) is 30.5 Å². The first-order valence-electron chi connectivity index (χ1n) is 9.94. The fourth-order valence-corrected chi connectivity index (χ4v) is 4.51. The number of aryl methyl sites for hydroxylation is 1. The van der Waals surface area contributed by atoms with Gasteiger partial charge in [-0.2, -0.15) is 0 Å². The summed E-state index contributed by atoms with van der Waals surface area (Å²) in [5, 5.41) is 4.85. The number of fused-ring (bicyclic) bond motifs is 1. The standard InChI is InChI=1S/C23H26FN3O/c24-20-9-3-2-8-19(20)23(12-5-6-13-23)26-15-17-16-27(14-11-22(25)28)21-10-4-1-7-18(17)21/h1-4,7-10,16,26H,5-6,11-15H2,(H2,25,28). The van der Waals surface area contributed by atoms with Crippen molar-refractivity contribution in [2.24, 2.45) is 5.73 Å². The molecule has 0 atom stereocenters. The average Bonchev–Trinajstić information content (AvgIpc) is 3.31. The minimum absolute atomic E-state index is 0.138. The van der Waals surface area contributed by atoms with Crippen molar-refractivity contribution in [2.45, 2.75) is 50.7 Å². The molecule has 1 saturated carbocycles. The van der Waals surface area contributed by atoms with Crippen LogP contribution in [-0.2, 0) is 23.4 Å². The second-order valence-corrected chi connectivity index (χ2v) is 7.70. The van der Waals surface area contributed by atoms with Crippen molar-refractivity contribution >= 4 is 16.8 Å². The molecule has 5 heteroatoms. The number of carbonyl (C=O) groups is 1. The van der Waals surface area contributed by atoms with Crippen LogP contribution in [0.25, 0.3) is 10.9 Å². The van der Waals surface area contributed by atoms with E-state index in [1.54, 1.807) is 12.1 Å². The number of hydrogen-bond donors (Lipinski definition) is 2. The summed E-state index contributed by atoms with van der Waals surface area (Å²) >= 11 is 0. The normalized spacial score (nSPS) is 15.9.